The molecule has 0 aromatic heterocycles. The lowest BCUT2D eigenvalue weighted by Crippen LogP contribution is -2.55. The van der Waals surface area contributed by atoms with Crippen molar-refractivity contribution in [1.29, 1.82) is 0 Å². The average Bonchev–Trinajstić information content (AvgIpc) is 2.92. The smallest absolute Gasteiger partial charge is 0.370 e. The molecule has 0 aromatic rings. The SMILES string of the molecule is CC(C)(C)CC1C(/C=C/C(O)(C(F)(F)F)C(F)(F)F)C1C(C)(C)C. The second-order valence-corrected chi connectivity index (χ2v) is 9.02. The van der Waals surface area contributed by atoms with Crippen LogP contribution in [0, 0.1) is 28.6 Å². The zero-order chi connectivity index (χ0) is 19.4. The molecule has 3 atom stereocenters. The van der Waals surface area contributed by atoms with Gasteiger partial charge in [0.05, 0.1) is 0 Å². The fraction of sp³-hybridized carbons (Fsp3) is 0.882. The summed E-state index contributed by atoms with van der Waals surface area (Å²) in [4.78, 5) is 0. The Kier molecular flexibility index (Phi) is 5.26. The Labute approximate surface area is 139 Å². The number of alkyl halides is 6. The highest BCUT2D eigenvalue weighted by Gasteiger charge is 2.69. The molecule has 142 valence electrons. The maximum atomic E-state index is 12.7. The average molecular weight is 360 g/mol. The van der Waals surface area contributed by atoms with Crippen LogP contribution in [0.25, 0.3) is 0 Å². The van der Waals surface area contributed by atoms with Gasteiger partial charge in [-0.15, -0.1) is 0 Å². The normalized spacial score (nSPS) is 27.0. The van der Waals surface area contributed by atoms with Crippen molar-refractivity contribution in [2.45, 2.75) is 65.9 Å². The first-order chi connectivity index (χ1) is 10.3. The van der Waals surface area contributed by atoms with E-state index in [1.54, 1.807) is 0 Å². The maximum absolute atomic E-state index is 12.7. The summed E-state index contributed by atoms with van der Waals surface area (Å²) in [5, 5.41) is 9.23. The molecule has 7 heteroatoms. The maximum Gasteiger partial charge on any atom is 0.429 e. The summed E-state index contributed by atoms with van der Waals surface area (Å²) in [5.41, 5.74) is -5.13. The zero-order valence-electron chi connectivity index (χ0n) is 14.8. The third-order valence-electron chi connectivity index (χ3n) is 4.50. The summed E-state index contributed by atoms with van der Waals surface area (Å²) in [7, 11) is 0. The third kappa shape index (κ3) is 4.46. The molecule has 1 aliphatic carbocycles. The highest BCUT2D eigenvalue weighted by Crippen LogP contribution is 2.61. The van der Waals surface area contributed by atoms with E-state index in [0.717, 1.165) is 6.08 Å². The Morgan fingerprint density at radius 2 is 1.25 bits per heavy atom. The molecule has 0 aliphatic heterocycles. The van der Waals surface area contributed by atoms with E-state index >= 15 is 0 Å². The Bertz CT molecular complexity index is 461. The number of rotatable bonds is 3. The molecule has 0 bridgehead atoms. The molecule has 1 rings (SSSR count). The molecule has 1 aliphatic rings. The highest BCUT2D eigenvalue weighted by molar-refractivity contribution is 5.19. The van der Waals surface area contributed by atoms with E-state index in [0.29, 0.717) is 6.42 Å². The molecule has 0 amide bonds. The molecule has 1 fully saturated rings. The lowest BCUT2D eigenvalue weighted by molar-refractivity contribution is -0.347. The van der Waals surface area contributed by atoms with Gasteiger partial charge in [-0.05, 0) is 41.1 Å². The summed E-state index contributed by atoms with van der Waals surface area (Å²) in [6.45, 7) is 11.7. The van der Waals surface area contributed by atoms with E-state index in [1.165, 1.54) is 0 Å². The van der Waals surface area contributed by atoms with E-state index in [9.17, 15) is 31.4 Å². The van der Waals surface area contributed by atoms with Crippen molar-refractivity contribution in [3.63, 3.8) is 0 Å². The predicted molar refractivity (Wildman–Crippen MR) is 80.2 cm³/mol. The first kappa shape index (κ1) is 21.3. The standard InChI is InChI=1S/C17H26F6O/c1-13(2,3)9-11-10(12(11)14(4,5)6)7-8-15(24,16(18,19)20)17(21,22)23/h7-8,10-12,24H,9H2,1-6H3/b8-7+. The van der Waals surface area contributed by atoms with Crippen LogP contribution in [0.3, 0.4) is 0 Å². The van der Waals surface area contributed by atoms with Gasteiger partial charge >= 0.3 is 12.4 Å². The Morgan fingerprint density at radius 3 is 1.54 bits per heavy atom. The summed E-state index contributed by atoms with van der Waals surface area (Å²) in [6, 6.07) is 0. The van der Waals surface area contributed by atoms with Crippen molar-refractivity contribution in [3.8, 4) is 0 Å². The Hall–Kier alpha value is -0.720. The topological polar surface area (TPSA) is 20.2 Å². The van der Waals surface area contributed by atoms with E-state index in [2.05, 4.69) is 0 Å². The molecular formula is C17H26F6O. The van der Waals surface area contributed by atoms with Crippen LogP contribution >= 0.6 is 0 Å². The first-order valence-electron chi connectivity index (χ1n) is 7.86. The van der Waals surface area contributed by atoms with Crippen molar-refractivity contribution in [2.24, 2.45) is 28.6 Å². The van der Waals surface area contributed by atoms with Crippen molar-refractivity contribution >= 4 is 0 Å². The number of allylic oxidation sites excluding steroid dienone is 1. The van der Waals surface area contributed by atoms with Gasteiger partial charge in [-0.3, -0.25) is 0 Å². The molecule has 1 saturated carbocycles. The quantitative estimate of drug-likeness (QED) is 0.502. The number of hydrogen-bond donors (Lipinski definition) is 1. The fourth-order valence-corrected chi connectivity index (χ4v) is 3.45. The van der Waals surface area contributed by atoms with Crippen molar-refractivity contribution in [2.75, 3.05) is 0 Å². The first-order valence-corrected chi connectivity index (χ1v) is 7.86. The summed E-state index contributed by atoms with van der Waals surface area (Å²) < 4.78 is 76.5. The molecular weight excluding hydrogens is 334 g/mol. The van der Waals surface area contributed by atoms with Gasteiger partial charge in [0.1, 0.15) is 0 Å². The summed E-state index contributed by atoms with van der Waals surface area (Å²) >= 11 is 0. The highest BCUT2D eigenvalue weighted by atomic mass is 19.4. The Balaban J connectivity index is 3.10. The summed E-state index contributed by atoms with van der Waals surface area (Å²) in [5.74, 6) is -0.411. The molecule has 0 saturated heterocycles. The second kappa shape index (κ2) is 5.92. The van der Waals surface area contributed by atoms with Crippen LogP contribution in [0.2, 0.25) is 0 Å². The van der Waals surface area contributed by atoms with Gasteiger partial charge < -0.3 is 5.11 Å². The molecule has 1 N–H and O–H groups in total. The molecule has 0 heterocycles. The largest absolute Gasteiger partial charge is 0.429 e. The van der Waals surface area contributed by atoms with Gasteiger partial charge in [0.25, 0.3) is 5.60 Å². The summed E-state index contributed by atoms with van der Waals surface area (Å²) in [6.07, 6.45) is -10.1. The third-order valence-corrected chi connectivity index (χ3v) is 4.50. The van der Waals surface area contributed by atoms with E-state index in [-0.39, 0.29) is 28.7 Å². The molecule has 24 heavy (non-hydrogen) atoms. The van der Waals surface area contributed by atoms with Crippen molar-refractivity contribution < 1.29 is 31.4 Å². The zero-order valence-corrected chi connectivity index (χ0v) is 14.8. The van der Waals surface area contributed by atoms with Crippen LogP contribution < -0.4 is 0 Å². The van der Waals surface area contributed by atoms with Gasteiger partial charge in [-0.25, -0.2) is 0 Å². The van der Waals surface area contributed by atoms with Gasteiger partial charge in [0.15, 0.2) is 0 Å². The minimum Gasteiger partial charge on any atom is -0.370 e. The van der Waals surface area contributed by atoms with Crippen LogP contribution in [0.15, 0.2) is 12.2 Å². The van der Waals surface area contributed by atoms with E-state index in [1.807, 2.05) is 41.5 Å². The fourth-order valence-electron chi connectivity index (χ4n) is 3.45. The van der Waals surface area contributed by atoms with Gasteiger partial charge in [-0.1, -0.05) is 47.6 Å². The van der Waals surface area contributed by atoms with Gasteiger partial charge in [-0.2, -0.15) is 26.3 Å². The molecule has 0 aromatic carbocycles. The molecule has 3 unspecified atom stereocenters. The molecule has 1 nitrogen and oxygen atoms in total. The number of aliphatic hydroxyl groups is 1. The minimum absolute atomic E-state index is 0.00645. The van der Waals surface area contributed by atoms with E-state index in [4.69, 9.17) is 0 Å². The predicted octanol–water partition coefficient (Wildman–Crippen LogP) is 5.74. The minimum atomic E-state index is -5.81. The second-order valence-electron chi connectivity index (χ2n) is 9.02. The Morgan fingerprint density at radius 1 is 0.833 bits per heavy atom. The number of halogens is 6. The monoisotopic (exact) mass is 360 g/mol. The lowest BCUT2D eigenvalue weighted by atomic mass is 9.84. The van der Waals surface area contributed by atoms with Crippen molar-refractivity contribution in [1.82, 2.24) is 0 Å². The molecule has 0 radical (unpaired) electrons. The van der Waals surface area contributed by atoms with Crippen LogP contribution in [-0.2, 0) is 0 Å². The lowest BCUT2D eigenvalue weighted by Gasteiger charge is -2.29. The van der Waals surface area contributed by atoms with Crippen LogP contribution in [0.1, 0.15) is 48.0 Å². The van der Waals surface area contributed by atoms with Crippen LogP contribution in [0.4, 0.5) is 26.3 Å². The van der Waals surface area contributed by atoms with E-state index < -0.39 is 23.9 Å². The van der Waals surface area contributed by atoms with Crippen LogP contribution in [-0.4, -0.2) is 23.1 Å². The van der Waals surface area contributed by atoms with Gasteiger partial charge in [0.2, 0.25) is 0 Å². The van der Waals surface area contributed by atoms with Crippen LogP contribution in [0.5, 0.6) is 0 Å². The number of hydrogen-bond acceptors (Lipinski definition) is 1. The van der Waals surface area contributed by atoms with Gasteiger partial charge in [0, 0.05) is 0 Å². The van der Waals surface area contributed by atoms with Crippen molar-refractivity contribution in [3.05, 3.63) is 12.2 Å². The molecule has 0 spiro atoms.